The molecule has 1 aromatic heterocycles. The highest BCUT2D eigenvalue weighted by Gasteiger charge is 2.43. The summed E-state index contributed by atoms with van der Waals surface area (Å²) in [5.41, 5.74) is 0.881. The predicted octanol–water partition coefficient (Wildman–Crippen LogP) is 1.60. The summed E-state index contributed by atoms with van der Waals surface area (Å²) in [4.78, 5) is 33.1. The zero-order valence-electron chi connectivity index (χ0n) is 14.5. The molecule has 0 aromatic carbocycles. The van der Waals surface area contributed by atoms with Crippen LogP contribution in [0.4, 0.5) is 0 Å². The zero-order chi connectivity index (χ0) is 17.3. The largest absolute Gasteiger partial charge is 0.371 e. The van der Waals surface area contributed by atoms with E-state index < -0.39 is 0 Å². The number of amides is 2. The highest BCUT2D eigenvalue weighted by molar-refractivity contribution is 5.89. The molecule has 3 heterocycles. The van der Waals surface area contributed by atoms with Crippen LogP contribution in [0.1, 0.15) is 37.7 Å². The van der Waals surface area contributed by atoms with Gasteiger partial charge in [-0.2, -0.15) is 0 Å². The van der Waals surface area contributed by atoms with E-state index in [1.165, 1.54) is 12.8 Å². The molecule has 0 bridgehead atoms. The third kappa shape index (κ3) is 3.40. The second-order valence-electron chi connectivity index (χ2n) is 7.53. The van der Waals surface area contributed by atoms with Crippen molar-refractivity contribution in [1.82, 2.24) is 14.8 Å². The van der Waals surface area contributed by atoms with Crippen LogP contribution >= 0.6 is 0 Å². The number of carbonyl (C=O) groups excluding carboxylic acids is 2. The molecule has 6 nitrogen and oxygen atoms in total. The van der Waals surface area contributed by atoms with Gasteiger partial charge in [0.2, 0.25) is 11.8 Å². The summed E-state index contributed by atoms with van der Waals surface area (Å²) in [6.45, 7) is 3.00. The summed E-state index contributed by atoms with van der Waals surface area (Å²) < 4.78 is 6.01. The van der Waals surface area contributed by atoms with Gasteiger partial charge in [-0.1, -0.05) is 18.9 Å². The first-order valence-electron chi connectivity index (χ1n) is 9.25. The van der Waals surface area contributed by atoms with E-state index in [9.17, 15) is 9.59 Å². The number of rotatable bonds is 3. The summed E-state index contributed by atoms with van der Waals surface area (Å²) in [6.07, 6.45) is 8.28. The Bertz CT molecular complexity index is 643. The molecule has 4 rings (SSSR count). The molecule has 1 unspecified atom stereocenters. The van der Waals surface area contributed by atoms with Crippen molar-refractivity contribution in [3.63, 3.8) is 0 Å². The maximum Gasteiger partial charge on any atom is 0.228 e. The number of hydrogen-bond donors (Lipinski definition) is 0. The van der Waals surface area contributed by atoms with E-state index in [1.54, 1.807) is 17.3 Å². The molecule has 2 amide bonds. The van der Waals surface area contributed by atoms with Crippen LogP contribution in [0.2, 0.25) is 0 Å². The van der Waals surface area contributed by atoms with Crippen molar-refractivity contribution in [3.8, 4) is 0 Å². The normalized spacial score (nSPS) is 25.8. The van der Waals surface area contributed by atoms with Crippen LogP contribution in [-0.2, 0) is 20.9 Å². The van der Waals surface area contributed by atoms with Gasteiger partial charge in [0.1, 0.15) is 0 Å². The third-order valence-electron chi connectivity index (χ3n) is 5.73. The van der Waals surface area contributed by atoms with Crippen LogP contribution in [0.5, 0.6) is 0 Å². The topological polar surface area (TPSA) is 62.7 Å². The molecule has 134 valence electrons. The lowest BCUT2D eigenvalue weighted by atomic mass is 9.98. The third-order valence-corrected chi connectivity index (χ3v) is 5.73. The molecule has 1 spiro atoms. The van der Waals surface area contributed by atoms with Gasteiger partial charge >= 0.3 is 0 Å². The first kappa shape index (κ1) is 16.5. The molecular formula is C19H25N3O3. The second kappa shape index (κ2) is 6.75. The monoisotopic (exact) mass is 343 g/mol. The van der Waals surface area contributed by atoms with Crippen molar-refractivity contribution in [3.05, 3.63) is 30.1 Å². The molecular weight excluding hydrogens is 318 g/mol. The number of nitrogens with zero attached hydrogens (tertiary/aromatic N) is 3. The van der Waals surface area contributed by atoms with Crippen LogP contribution < -0.4 is 0 Å². The Hall–Kier alpha value is -1.95. The first-order valence-corrected chi connectivity index (χ1v) is 9.25. The van der Waals surface area contributed by atoms with E-state index in [2.05, 4.69) is 4.98 Å². The van der Waals surface area contributed by atoms with Crippen molar-refractivity contribution in [2.24, 2.45) is 5.92 Å². The van der Waals surface area contributed by atoms with Crippen molar-refractivity contribution in [2.45, 2.75) is 44.2 Å². The summed E-state index contributed by atoms with van der Waals surface area (Å²) in [5.74, 6) is -0.0385. The average molecular weight is 343 g/mol. The maximum absolute atomic E-state index is 13.0. The van der Waals surface area contributed by atoms with E-state index in [1.807, 2.05) is 17.0 Å². The first-order chi connectivity index (χ1) is 12.2. The number of hydrogen-bond acceptors (Lipinski definition) is 4. The van der Waals surface area contributed by atoms with Gasteiger partial charge in [-0.25, -0.2) is 0 Å². The number of carbonyl (C=O) groups is 2. The van der Waals surface area contributed by atoms with Crippen LogP contribution in [0.15, 0.2) is 24.5 Å². The Morgan fingerprint density at radius 2 is 2.20 bits per heavy atom. The fourth-order valence-corrected chi connectivity index (χ4v) is 4.42. The predicted molar refractivity (Wildman–Crippen MR) is 91.5 cm³/mol. The van der Waals surface area contributed by atoms with Gasteiger partial charge in [-0.3, -0.25) is 14.6 Å². The Morgan fingerprint density at radius 3 is 2.96 bits per heavy atom. The van der Waals surface area contributed by atoms with Gasteiger partial charge < -0.3 is 14.5 Å². The molecule has 0 radical (unpaired) electrons. The molecule has 0 N–H and O–H groups in total. The molecule has 1 aliphatic carbocycles. The van der Waals surface area contributed by atoms with Crippen molar-refractivity contribution in [1.29, 1.82) is 0 Å². The number of morpholine rings is 1. The average Bonchev–Trinajstić information content (AvgIpc) is 3.22. The molecule has 6 heteroatoms. The highest BCUT2D eigenvalue weighted by Crippen LogP contribution is 2.36. The van der Waals surface area contributed by atoms with Crippen LogP contribution in [0.25, 0.3) is 0 Å². The summed E-state index contributed by atoms with van der Waals surface area (Å²) in [6, 6.07) is 3.83. The Balaban J connectivity index is 1.38. The van der Waals surface area contributed by atoms with E-state index in [4.69, 9.17) is 4.74 Å². The lowest BCUT2D eigenvalue weighted by molar-refractivity contribution is -0.153. The van der Waals surface area contributed by atoms with Crippen LogP contribution in [0.3, 0.4) is 0 Å². The van der Waals surface area contributed by atoms with Crippen molar-refractivity contribution in [2.75, 3.05) is 26.2 Å². The van der Waals surface area contributed by atoms with Gasteiger partial charge in [-0.15, -0.1) is 0 Å². The Labute approximate surface area is 148 Å². The van der Waals surface area contributed by atoms with E-state index in [-0.39, 0.29) is 23.3 Å². The SMILES string of the molecule is O=C1CC(C(=O)N2CCOC3(CCCC3)C2)CN1Cc1cccnc1. The standard InChI is InChI=1S/C19H25N3O3/c23-17-10-16(13-22(17)12-15-4-3-7-20-11-15)18(24)21-8-9-25-19(14-21)5-1-2-6-19/h3-4,7,11,16H,1-2,5-6,8-10,12-14H2. The maximum atomic E-state index is 13.0. The highest BCUT2D eigenvalue weighted by atomic mass is 16.5. The van der Waals surface area contributed by atoms with Gasteiger partial charge in [0.25, 0.3) is 0 Å². The van der Waals surface area contributed by atoms with E-state index in [0.717, 1.165) is 18.4 Å². The Morgan fingerprint density at radius 1 is 1.36 bits per heavy atom. The van der Waals surface area contributed by atoms with E-state index in [0.29, 0.717) is 39.2 Å². The van der Waals surface area contributed by atoms with Crippen LogP contribution in [0, 0.1) is 5.92 Å². The van der Waals surface area contributed by atoms with E-state index >= 15 is 0 Å². The minimum atomic E-state index is -0.222. The molecule has 2 saturated heterocycles. The lowest BCUT2D eigenvalue weighted by Crippen LogP contribution is -2.53. The summed E-state index contributed by atoms with van der Waals surface area (Å²) >= 11 is 0. The molecule has 1 atom stereocenters. The summed E-state index contributed by atoms with van der Waals surface area (Å²) in [5, 5.41) is 0. The van der Waals surface area contributed by atoms with Gasteiger partial charge in [0, 0.05) is 45.0 Å². The molecule has 1 saturated carbocycles. The second-order valence-corrected chi connectivity index (χ2v) is 7.53. The van der Waals surface area contributed by atoms with Gasteiger partial charge in [0.05, 0.1) is 18.1 Å². The molecule has 25 heavy (non-hydrogen) atoms. The quantitative estimate of drug-likeness (QED) is 0.836. The summed E-state index contributed by atoms with van der Waals surface area (Å²) in [7, 11) is 0. The van der Waals surface area contributed by atoms with Gasteiger partial charge in [-0.05, 0) is 24.5 Å². The number of ether oxygens (including phenoxy) is 1. The molecule has 1 aromatic rings. The molecule has 3 aliphatic rings. The number of pyridine rings is 1. The van der Waals surface area contributed by atoms with Crippen molar-refractivity contribution >= 4 is 11.8 Å². The zero-order valence-corrected chi connectivity index (χ0v) is 14.5. The smallest absolute Gasteiger partial charge is 0.228 e. The number of aromatic nitrogens is 1. The fourth-order valence-electron chi connectivity index (χ4n) is 4.42. The van der Waals surface area contributed by atoms with Gasteiger partial charge in [0.15, 0.2) is 0 Å². The van der Waals surface area contributed by atoms with Crippen molar-refractivity contribution < 1.29 is 14.3 Å². The minimum Gasteiger partial charge on any atom is -0.371 e. The fraction of sp³-hybridized carbons (Fsp3) is 0.632. The minimum absolute atomic E-state index is 0.0612. The lowest BCUT2D eigenvalue weighted by Gasteiger charge is -2.41. The Kier molecular flexibility index (Phi) is 4.46. The molecule has 3 fully saturated rings. The van der Waals surface area contributed by atoms with Crippen LogP contribution in [-0.4, -0.2) is 58.4 Å². The number of likely N-dealkylation sites (tertiary alicyclic amines) is 1. The molecule has 2 aliphatic heterocycles.